The van der Waals surface area contributed by atoms with Gasteiger partial charge < -0.3 is 0 Å². The van der Waals surface area contributed by atoms with Crippen LogP contribution in [0, 0.1) is 5.41 Å². The van der Waals surface area contributed by atoms with Gasteiger partial charge in [0.25, 0.3) is 0 Å². The van der Waals surface area contributed by atoms with Crippen LogP contribution in [-0.4, -0.2) is 0 Å². The lowest BCUT2D eigenvalue weighted by Gasteiger charge is -2.20. The van der Waals surface area contributed by atoms with E-state index in [1.165, 1.54) is 6.07 Å². The number of hydrogen-bond donors (Lipinski definition) is 0. The lowest BCUT2D eigenvalue weighted by atomic mass is 9.85. The summed E-state index contributed by atoms with van der Waals surface area (Å²) < 4.78 is 38.5. The Bertz CT molecular complexity index is 473. The van der Waals surface area contributed by atoms with Crippen molar-refractivity contribution in [2.45, 2.75) is 33.4 Å². The number of rotatable bonds is 0. The number of benzene rings is 1. The Balaban J connectivity index is 2.46. The third-order valence-corrected chi connectivity index (χ3v) is 3.18. The Kier molecular flexibility index (Phi) is 2.60. The molecular weight excluding hydrogens is 225 g/mol. The zero-order valence-corrected chi connectivity index (χ0v) is 10.2. The Hall–Kier alpha value is -1.25. The number of allylic oxidation sites excluding steroid dienone is 1. The standard InChI is InChI=1S/C14H15F3/c1-13(2,3)10-7-9-5-4-6-12(11(9)8-10)14(15,16)17/h4-7H,8H2,1-3H3. The van der Waals surface area contributed by atoms with Gasteiger partial charge in [-0.2, -0.15) is 13.2 Å². The second-order valence-electron chi connectivity index (χ2n) is 5.47. The monoisotopic (exact) mass is 240 g/mol. The molecule has 0 atom stereocenters. The van der Waals surface area contributed by atoms with Crippen LogP contribution in [0.1, 0.15) is 37.5 Å². The molecule has 0 amide bonds. The van der Waals surface area contributed by atoms with E-state index in [0.717, 1.165) is 11.6 Å². The smallest absolute Gasteiger partial charge is 0.166 e. The summed E-state index contributed by atoms with van der Waals surface area (Å²) >= 11 is 0. The average Bonchev–Trinajstić information content (AvgIpc) is 2.57. The molecule has 0 unspecified atom stereocenters. The van der Waals surface area contributed by atoms with Crippen LogP contribution in [0.2, 0.25) is 0 Å². The molecule has 1 aliphatic rings. The highest BCUT2D eigenvalue weighted by atomic mass is 19.4. The third kappa shape index (κ3) is 2.24. The molecule has 0 spiro atoms. The Morgan fingerprint density at radius 1 is 1.06 bits per heavy atom. The van der Waals surface area contributed by atoms with E-state index in [1.807, 2.05) is 26.8 Å². The number of hydrogen-bond acceptors (Lipinski definition) is 0. The normalized spacial score (nSPS) is 15.8. The Labute approximate surface area is 99.2 Å². The maximum atomic E-state index is 12.8. The summed E-state index contributed by atoms with van der Waals surface area (Å²) in [6, 6.07) is 4.39. The van der Waals surface area contributed by atoms with E-state index < -0.39 is 11.7 Å². The van der Waals surface area contributed by atoms with Crippen molar-refractivity contribution in [3.8, 4) is 0 Å². The van der Waals surface area contributed by atoms with Gasteiger partial charge in [-0.3, -0.25) is 0 Å². The van der Waals surface area contributed by atoms with Crippen molar-refractivity contribution in [3.63, 3.8) is 0 Å². The van der Waals surface area contributed by atoms with Crippen LogP contribution in [0.5, 0.6) is 0 Å². The van der Waals surface area contributed by atoms with Gasteiger partial charge in [0.1, 0.15) is 0 Å². The summed E-state index contributed by atoms with van der Waals surface area (Å²) in [6.45, 7) is 6.08. The molecule has 0 heterocycles. The minimum Gasteiger partial charge on any atom is -0.166 e. The molecule has 2 rings (SSSR count). The van der Waals surface area contributed by atoms with Crippen LogP contribution in [0.4, 0.5) is 13.2 Å². The predicted octanol–water partition coefficient (Wildman–Crippen LogP) is 4.69. The van der Waals surface area contributed by atoms with Gasteiger partial charge in [0.05, 0.1) is 5.56 Å². The van der Waals surface area contributed by atoms with E-state index in [2.05, 4.69) is 0 Å². The van der Waals surface area contributed by atoms with E-state index in [1.54, 1.807) is 6.07 Å². The predicted molar refractivity (Wildman–Crippen MR) is 62.6 cm³/mol. The minimum absolute atomic E-state index is 0.0815. The lowest BCUT2D eigenvalue weighted by Crippen LogP contribution is -2.12. The molecular formula is C14H15F3. The van der Waals surface area contributed by atoms with Crippen LogP contribution in [0.25, 0.3) is 6.08 Å². The van der Waals surface area contributed by atoms with Crippen molar-refractivity contribution in [2.75, 3.05) is 0 Å². The average molecular weight is 240 g/mol. The second kappa shape index (κ2) is 3.62. The highest BCUT2D eigenvalue weighted by Crippen LogP contribution is 2.42. The maximum absolute atomic E-state index is 12.8. The van der Waals surface area contributed by atoms with Gasteiger partial charge in [-0.15, -0.1) is 0 Å². The fraction of sp³-hybridized carbons (Fsp3) is 0.429. The van der Waals surface area contributed by atoms with Gasteiger partial charge in [0.2, 0.25) is 0 Å². The van der Waals surface area contributed by atoms with Gasteiger partial charge in [-0.25, -0.2) is 0 Å². The first kappa shape index (κ1) is 12.2. The summed E-state index contributed by atoms with van der Waals surface area (Å²) in [7, 11) is 0. The van der Waals surface area contributed by atoms with Gasteiger partial charge in [-0.1, -0.05) is 44.6 Å². The van der Waals surface area contributed by atoms with Crippen molar-refractivity contribution in [2.24, 2.45) is 5.41 Å². The van der Waals surface area contributed by atoms with Crippen molar-refractivity contribution < 1.29 is 13.2 Å². The van der Waals surface area contributed by atoms with Crippen molar-refractivity contribution in [1.29, 1.82) is 0 Å². The van der Waals surface area contributed by atoms with E-state index >= 15 is 0 Å². The summed E-state index contributed by atoms with van der Waals surface area (Å²) in [5.41, 5.74) is 1.62. The fourth-order valence-corrected chi connectivity index (χ4v) is 2.11. The summed E-state index contributed by atoms with van der Waals surface area (Å²) in [4.78, 5) is 0. The molecule has 0 nitrogen and oxygen atoms in total. The molecule has 0 saturated heterocycles. The van der Waals surface area contributed by atoms with Crippen LogP contribution in [0.3, 0.4) is 0 Å². The molecule has 0 aromatic heterocycles. The van der Waals surface area contributed by atoms with Crippen molar-refractivity contribution in [3.05, 3.63) is 40.5 Å². The van der Waals surface area contributed by atoms with Crippen LogP contribution >= 0.6 is 0 Å². The first-order chi connectivity index (χ1) is 7.69. The van der Waals surface area contributed by atoms with E-state index in [0.29, 0.717) is 17.5 Å². The Morgan fingerprint density at radius 3 is 2.24 bits per heavy atom. The largest absolute Gasteiger partial charge is 0.416 e. The minimum atomic E-state index is -4.26. The number of halogens is 3. The molecule has 0 fully saturated rings. The van der Waals surface area contributed by atoms with Crippen LogP contribution < -0.4 is 0 Å². The first-order valence-electron chi connectivity index (χ1n) is 5.60. The van der Waals surface area contributed by atoms with Gasteiger partial charge in [0.15, 0.2) is 0 Å². The van der Waals surface area contributed by atoms with Gasteiger partial charge in [0, 0.05) is 0 Å². The quantitative estimate of drug-likeness (QED) is 0.617. The third-order valence-electron chi connectivity index (χ3n) is 3.18. The SMILES string of the molecule is CC(C)(C)C1=Cc2cccc(C(F)(F)F)c2C1. The number of alkyl halides is 3. The van der Waals surface area contributed by atoms with Crippen molar-refractivity contribution in [1.82, 2.24) is 0 Å². The van der Waals surface area contributed by atoms with Gasteiger partial charge in [-0.05, 0) is 29.0 Å². The molecule has 1 aromatic rings. The summed E-state index contributed by atoms with van der Waals surface area (Å²) in [5.74, 6) is 0. The van der Waals surface area contributed by atoms with E-state index in [4.69, 9.17) is 0 Å². The molecule has 0 saturated carbocycles. The molecule has 0 aliphatic heterocycles. The van der Waals surface area contributed by atoms with Gasteiger partial charge >= 0.3 is 6.18 Å². The molecule has 17 heavy (non-hydrogen) atoms. The van der Waals surface area contributed by atoms with Crippen LogP contribution in [-0.2, 0) is 12.6 Å². The highest BCUT2D eigenvalue weighted by molar-refractivity contribution is 5.66. The fourth-order valence-electron chi connectivity index (χ4n) is 2.11. The number of fused-ring (bicyclic) bond motifs is 1. The van der Waals surface area contributed by atoms with E-state index in [-0.39, 0.29) is 5.41 Å². The second-order valence-corrected chi connectivity index (χ2v) is 5.47. The molecule has 92 valence electrons. The zero-order valence-electron chi connectivity index (χ0n) is 10.2. The highest BCUT2D eigenvalue weighted by Gasteiger charge is 2.36. The molecule has 1 aliphatic carbocycles. The Morgan fingerprint density at radius 2 is 1.71 bits per heavy atom. The lowest BCUT2D eigenvalue weighted by molar-refractivity contribution is -0.138. The zero-order chi connectivity index (χ0) is 12.8. The maximum Gasteiger partial charge on any atom is 0.416 e. The van der Waals surface area contributed by atoms with E-state index in [9.17, 15) is 13.2 Å². The molecule has 0 N–H and O–H groups in total. The first-order valence-corrected chi connectivity index (χ1v) is 5.60. The van der Waals surface area contributed by atoms with Crippen molar-refractivity contribution >= 4 is 6.08 Å². The molecule has 0 radical (unpaired) electrons. The molecule has 3 heteroatoms. The van der Waals surface area contributed by atoms with Crippen LogP contribution in [0.15, 0.2) is 23.8 Å². The molecule has 1 aromatic carbocycles. The topological polar surface area (TPSA) is 0 Å². The summed E-state index contributed by atoms with van der Waals surface area (Å²) in [6.07, 6.45) is -1.95. The summed E-state index contributed by atoms with van der Waals surface area (Å²) in [5, 5.41) is 0. The molecule has 0 bridgehead atoms.